The average molecular weight is 309 g/mol. The highest BCUT2D eigenvalue weighted by Crippen LogP contribution is 2.27. The highest BCUT2D eigenvalue weighted by molar-refractivity contribution is 6.30. The summed E-state index contributed by atoms with van der Waals surface area (Å²) in [4.78, 5) is 24.0. The minimum absolute atomic E-state index is 0.0278. The first-order valence-corrected chi connectivity index (χ1v) is 7.18. The number of halogens is 1. The maximum Gasteiger partial charge on any atom is 0.346 e. The van der Waals surface area contributed by atoms with Crippen LogP contribution in [0.3, 0.4) is 0 Å². The zero-order valence-electron chi connectivity index (χ0n) is 11.9. The predicted octanol–water partition coefficient (Wildman–Crippen LogP) is 3.24. The van der Waals surface area contributed by atoms with E-state index in [4.69, 9.17) is 16.3 Å². The molecule has 5 heteroatoms. The van der Waals surface area contributed by atoms with Crippen LogP contribution in [-0.2, 0) is 20.7 Å². The number of benzene rings is 1. The number of Topliss-reactive ketones (excluding diaryl/α,β-unsaturated/α-hetero) is 1. The second-order valence-corrected chi connectivity index (χ2v) is 5.95. The molecule has 0 saturated carbocycles. The first-order chi connectivity index (χ1) is 9.88. The van der Waals surface area contributed by atoms with Crippen molar-refractivity contribution in [2.75, 3.05) is 0 Å². The van der Waals surface area contributed by atoms with E-state index in [-0.39, 0.29) is 23.7 Å². The molecule has 0 amide bonds. The van der Waals surface area contributed by atoms with Crippen molar-refractivity contribution < 1.29 is 19.4 Å². The summed E-state index contributed by atoms with van der Waals surface area (Å²) in [6, 6.07) is 6.77. The van der Waals surface area contributed by atoms with Gasteiger partial charge in [-0.25, -0.2) is 4.79 Å². The van der Waals surface area contributed by atoms with Gasteiger partial charge in [0.05, 0.1) is 0 Å². The predicted molar refractivity (Wildman–Crippen MR) is 79.2 cm³/mol. The van der Waals surface area contributed by atoms with Crippen LogP contribution in [0, 0.1) is 5.92 Å². The molecule has 0 saturated heterocycles. The number of aliphatic hydroxyl groups is 1. The first kappa shape index (κ1) is 15.6. The lowest BCUT2D eigenvalue weighted by molar-refractivity contribution is -0.141. The van der Waals surface area contributed by atoms with Crippen LogP contribution < -0.4 is 0 Å². The normalized spacial score (nSPS) is 18.3. The third-order valence-electron chi connectivity index (χ3n) is 3.26. The van der Waals surface area contributed by atoms with Gasteiger partial charge in [0, 0.05) is 11.4 Å². The quantitative estimate of drug-likeness (QED) is 0.670. The Morgan fingerprint density at radius 1 is 1.33 bits per heavy atom. The summed E-state index contributed by atoms with van der Waals surface area (Å²) in [6.07, 6.45) is -0.184. The number of carbonyl (C=O) groups is 2. The zero-order chi connectivity index (χ0) is 15.6. The SMILES string of the molecule is CC(C)CC1OC(=O)C(C(=O)Cc2ccc(Cl)cc2)=C1O. The van der Waals surface area contributed by atoms with Crippen LogP contribution in [0.15, 0.2) is 35.6 Å². The van der Waals surface area contributed by atoms with Crippen molar-refractivity contribution in [1.29, 1.82) is 0 Å². The summed E-state index contributed by atoms with van der Waals surface area (Å²) >= 11 is 5.78. The smallest absolute Gasteiger partial charge is 0.346 e. The molecule has 1 atom stereocenters. The molecule has 0 radical (unpaired) electrons. The van der Waals surface area contributed by atoms with Gasteiger partial charge in [-0.05, 0) is 30.0 Å². The van der Waals surface area contributed by atoms with Gasteiger partial charge in [-0.1, -0.05) is 37.6 Å². The molecule has 4 nitrogen and oxygen atoms in total. The molecule has 0 aliphatic carbocycles. The first-order valence-electron chi connectivity index (χ1n) is 6.80. The Kier molecular flexibility index (Phi) is 4.68. The van der Waals surface area contributed by atoms with Gasteiger partial charge in [0.25, 0.3) is 0 Å². The Balaban J connectivity index is 2.15. The van der Waals surface area contributed by atoms with E-state index < -0.39 is 17.9 Å². The molecule has 112 valence electrons. The third-order valence-corrected chi connectivity index (χ3v) is 3.51. The molecule has 1 aromatic carbocycles. The van der Waals surface area contributed by atoms with E-state index in [0.29, 0.717) is 11.4 Å². The minimum Gasteiger partial charge on any atom is -0.507 e. The largest absolute Gasteiger partial charge is 0.507 e. The lowest BCUT2D eigenvalue weighted by Gasteiger charge is -2.11. The molecule has 1 aromatic rings. The van der Waals surface area contributed by atoms with Crippen LogP contribution >= 0.6 is 11.6 Å². The summed E-state index contributed by atoms with van der Waals surface area (Å²) in [7, 11) is 0. The van der Waals surface area contributed by atoms with E-state index in [9.17, 15) is 14.7 Å². The van der Waals surface area contributed by atoms with Crippen LogP contribution in [-0.4, -0.2) is 23.0 Å². The van der Waals surface area contributed by atoms with E-state index >= 15 is 0 Å². The van der Waals surface area contributed by atoms with Crippen molar-refractivity contribution in [3.8, 4) is 0 Å². The highest BCUT2D eigenvalue weighted by atomic mass is 35.5. The summed E-state index contributed by atoms with van der Waals surface area (Å²) in [5.41, 5.74) is 0.500. The van der Waals surface area contributed by atoms with Gasteiger partial charge in [0.1, 0.15) is 5.57 Å². The van der Waals surface area contributed by atoms with Crippen LogP contribution in [0.4, 0.5) is 0 Å². The van der Waals surface area contributed by atoms with Gasteiger partial charge in [0.2, 0.25) is 0 Å². The van der Waals surface area contributed by atoms with Crippen molar-refractivity contribution in [2.24, 2.45) is 5.92 Å². The molecule has 0 spiro atoms. The van der Waals surface area contributed by atoms with Crippen molar-refractivity contribution in [1.82, 2.24) is 0 Å². The van der Waals surface area contributed by atoms with Gasteiger partial charge in [0.15, 0.2) is 17.6 Å². The summed E-state index contributed by atoms with van der Waals surface area (Å²) in [5.74, 6) is -1.17. The maximum atomic E-state index is 12.2. The van der Waals surface area contributed by atoms with E-state index in [1.165, 1.54) is 0 Å². The molecule has 1 heterocycles. The number of esters is 1. The Morgan fingerprint density at radius 2 is 1.95 bits per heavy atom. The zero-order valence-corrected chi connectivity index (χ0v) is 12.7. The molecule has 2 rings (SSSR count). The highest BCUT2D eigenvalue weighted by Gasteiger charge is 2.38. The summed E-state index contributed by atoms with van der Waals surface area (Å²) in [6.45, 7) is 3.91. The Hall–Kier alpha value is -1.81. The van der Waals surface area contributed by atoms with Gasteiger partial charge < -0.3 is 9.84 Å². The fraction of sp³-hybridized carbons (Fsp3) is 0.375. The number of ether oxygens (including phenoxy) is 1. The van der Waals surface area contributed by atoms with E-state index in [0.717, 1.165) is 5.56 Å². The van der Waals surface area contributed by atoms with Gasteiger partial charge in [-0.2, -0.15) is 0 Å². The lowest BCUT2D eigenvalue weighted by atomic mass is 9.99. The fourth-order valence-corrected chi connectivity index (χ4v) is 2.36. The van der Waals surface area contributed by atoms with Crippen LogP contribution in [0.25, 0.3) is 0 Å². The molecule has 1 unspecified atom stereocenters. The molecule has 0 aromatic heterocycles. The van der Waals surface area contributed by atoms with Gasteiger partial charge in [-0.3, -0.25) is 4.79 Å². The molecule has 1 aliphatic rings. The standard InChI is InChI=1S/C16H17ClO4/c1-9(2)7-13-15(19)14(16(20)21-13)12(18)8-10-3-5-11(17)6-4-10/h3-6,9,13,19H,7-8H2,1-2H3. The maximum absolute atomic E-state index is 12.2. The number of hydrogen-bond donors (Lipinski definition) is 1. The number of aliphatic hydroxyl groups excluding tert-OH is 1. The number of rotatable bonds is 5. The van der Waals surface area contributed by atoms with Crippen LogP contribution in [0.2, 0.25) is 5.02 Å². The van der Waals surface area contributed by atoms with E-state index in [2.05, 4.69) is 0 Å². The third kappa shape index (κ3) is 3.64. The Bertz CT molecular complexity index is 587. The second-order valence-electron chi connectivity index (χ2n) is 5.51. The number of hydrogen-bond acceptors (Lipinski definition) is 4. The number of ketones is 1. The molecular weight excluding hydrogens is 292 g/mol. The average Bonchev–Trinajstić information content (AvgIpc) is 2.66. The van der Waals surface area contributed by atoms with Crippen LogP contribution in [0.5, 0.6) is 0 Å². The lowest BCUT2D eigenvalue weighted by Crippen LogP contribution is -2.14. The molecule has 0 fully saturated rings. The topological polar surface area (TPSA) is 63.6 Å². The molecule has 0 bridgehead atoms. The number of cyclic esters (lactones) is 1. The Morgan fingerprint density at radius 3 is 2.52 bits per heavy atom. The summed E-state index contributed by atoms with van der Waals surface area (Å²) < 4.78 is 5.07. The molecule has 1 N–H and O–H groups in total. The van der Waals surface area contributed by atoms with E-state index in [1.807, 2.05) is 13.8 Å². The van der Waals surface area contributed by atoms with Crippen molar-refractivity contribution in [3.05, 3.63) is 46.2 Å². The minimum atomic E-state index is -0.739. The number of carbonyl (C=O) groups excluding carboxylic acids is 2. The van der Waals surface area contributed by atoms with Crippen molar-refractivity contribution in [2.45, 2.75) is 32.8 Å². The van der Waals surface area contributed by atoms with Gasteiger partial charge in [-0.15, -0.1) is 0 Å². The second kappa shape index (κ2) is 6.31. The van der Waals surface area contributed by atoms with Gasteiger partial charge >= 0.3 is 5.97 Å². The Labute approximate surface area is 128 Å². The van der Waals surface area contributed by atoms with Crippen molar-refractivity contribution >= 4 is 23.4 Å². The van der Waals surface area contributed by atoms with Crippen LogP contribution in [0.1, 0.15) is 25.8 Å². The molecule has 21 heavy (non-hydrogen) atoms. The van der Waals surface area contributed by atoms with E-state index in [1.54, 1.807) is 24.3 Å². The summed E-state index contributed by atoms with van der Waals surface area (Å²) in [5, 5.41) is 10.6. The van der Waals surface area contributed by atoms with Crippen molar-refractivity contribution in [3.63, 3.8) is 0 Å². The molecular formula is C16H17ClO4. The monoisotopic (exact) mass is 308 g/mol. The molecule has 1 aliphatic heterocycles. The fourth-order valence-electron chi connectivity index (χ4n) is 2.23.